The quantitative estimate of drug-likeness (QED) is 0.110. The fourth-order valence-electron chi connectivity index (χ4n) is 2.93. The minimum absolute atomic E-state index is 0.0571. The molecule has 0 amide bonds. The average molecular weight is 452 g/mol. The van der Waals surface area contributed by atoms with Gasteiger partial charge in [-0.1, -0.05) is 39.0 Å². The molecule has 0 saturated heterocycles. The van der Waals surface area contributed by atoms with E-state index in [9.17, 15) is 31.5 Å². The van der Waals surface area contributed by atoms with Crippen LogP contribution in [0, 0.1) is 29.1 Å². The highest BCUT2D eigenvalue weighted by Gasteiger charge is 2.26. The van der Waals surface area contributed by atoms with Gasteiger partial charge in [0.05, 0.1) is 11.7 Å². The van der Waals surface area contributed by atoms with Gasteiger partial charge in [-0.05, 0) is 26.2 Å². The Balaban J connectivity index is 2.28. The maximum Gasteiger partial charge on any atom is 0.306 e. The smallest absolute Gasteiger partial charge is 0.306 e. The van der Waals surface area contributed by atoms with Gasteiger partial charge < -0.3 is 9.47 Å². The Bertz CT molecular complexity index is 710. The Labute approximate surface area is 179 Å². The molecule has 0 N–H and O–H groups in total. The lowest BCUT2D eigenvalue weighted by Gasteiger charge is -2.13. The SMILES string of the molecule is CCCCCCCCC(C)OC(=O)CCCC(=O)OCc1c(F)c(F)c(F)c(F)c1F. The second-order valence-electron chi connectivity index (χ2n) is 7.42. The molecule has 0 fully saturated rings. The van der Waals surface area contributed by atoms with Crippen molar-refractivity contribution in [3.63, 3.8) is 0 Å². The van der Waals surface area contributed by atoms with Crippen LogP contribution < -0.4 is 0 Å². The van der Waals surface area contributed by atoms with Crippen molar-refractivity contribution in [3.8, 4) is 0 Å². The van der Waals surface area contributed by atoms with Gasteiger partial charge in [0.1, 0.15) is 6.61 Å². The average Bonchev–Trinajstić information content (AvgIpc) is 2.73. The number of ether oxygens (including phenoxy) is 2. The van der Waals surface area contributed by atoms with Crippen molar-refractivity contribution >= 4 is 11.9 Å². The summed E-state index contributed by atoms with van der Waals surface area (Å²) in [5, 5.41) is 0. The second kappa shape index (κ2) is 14.0. The number of halogens is 5. The molecule has 0 aliphatic carbocycles. The molecule has 0 heterocycles. The standard InChI is InChI=1S/C22H29F5O4/c1-3-4-5-6-7-8-10-14(2)31-17(29)12-9-11-16(28)30-13-15-18(23)20(25)22(27)21(26)19(15)24/h14H,3-13H2,1-2H3. The first kappa shape index (κ1) is 26.8. The van der Waals surface area contributed by atoms with Gasteiger partial charge in [-0.15, -0.1) is 0 Å². The van der Waals surface area contributed by atoms with Crippen molar-refractivity contribution < 1.29 is 41.0 Å². The highest BCUT2D eigenvalue weighted by molar-refractivity contribution is 5.72. The summed E-state index contributed by atoms with van der Waals surface area (Å²) in [6.45, 7) is 2.83. The van der Waals surface area contributed by atoms with E-state index in [-0.39, 0.29) is 25.4 Å². The molecule has 1 atom stereocenters. The maximum atomic E-state index is 13.5. The van der Waals surface area contributed by atoms with Crippen molar-refractivity contribution in [3.05, 3.63) is 34.6 Å². The zero-order valence-corrected chi connectivity index (χ0v) is 17.9. The Morgan fingerprint density at radius 2 is 1.26 bits per heavy atom. The van der Waals surface area contributed by atoms with E-state index in [0.29, 0.717) is 0 Å². The summed E-state index contributed by atoms with van der Waals surface area (Å²) in [5.74, 6) is -12.0. The molecule has 1 unspecified atom stereocenters. The molecule has 4 nitrogen and oxygen atoms in total. The lowest BCUT2D eigenvalue weighted by molar-refractivity contribution is -0.149. The zero-order chi connectivity index (χ0) is 23.4. The Kier molecular flexibility index (Phi) is 12.1. The third-order valence-corrected chi connectivity index (χ3v) is 4.74. The lowest BCUT2D eigenvalue weighted by atomic mass is 10.1. The molecular weight excluding hydrogens is 423 g/mol. The molecule has 176 valence electrons. The van der Waals surface area contributed by atoms with Gasteiger partial charge in [0.2, 0.25) is 5.82 Å². The van der Waals surface area contributed by atoms with Crippen LogP contribution in [0.1, 0.15) is 83.6 Å². The number of hydrogen-bond acceptors (Lipinski definition) is 4. The molecule has 31 heavy (non-hydrogen) atoms. The van der Waals surface area contributed by atoms with Gasteiger partial charge in [0.15, 0.2) is 23.3 Å². The fraction of sp³-hybridized carbons (Fsp3) is 0.636. The molecule has 0 spiro atoms. The van der Waals surface area contributed by atoms with E-state index in [2.05, 4.69) is 11.7 Å². The molecule has 1 aromatic carbocycles. The third kappa shape index (κ3) is 9.23. The van der Waals surface area contributed by atoms with Crippen LogP contribution in [0.5, 0.6) is 0 Å². The summed E-state index contributed by atoms with van der Waals surface area (Å²) >= 11 is 0. The zero-order valence-electron chi connectivity index (χ0n) is 17.9. The number of hydrogen-bond donors (Lipinski definition) is 0. The highest BCUT2D eigenvalue weighted by atomic mass is 19.2. The van der Waals surface area contributed by atoms with Gasteiger partial charge in [-0.25, -0.2) is 22.0 Å². The van der Waals surface area contributed by atoms with E-state index in [0.717, 1.165) is 25.7 Å². The summed E-state index contributed by atoms with van der Waals surface area (Å²) in [7, 11) is 0. The summed E-state index contributed by atoms with van der Waals surface area (Å²) in [6, 6.07) is 0. The van der Waals surface area contributed by atoms with Crippen LogP contribution in [-0.4, -0.2) is 18.0 Å². The minimum Gasteiger partial charge on any atom is -0.463 e. The van der Waals surface area contributed by atoms with Crippen LogP contribution in [-0.2, 0) is 25.7 Å². The summed E-state index contributed by atoms with van der Waals surface area (Å²) in [4.78, 5) is 23.4. The van der Waals surface area contributed by atoms with E-state index in [4.69, 9.17) is 4.74 Å². The van der Waals surface area contributed by atoms with Crippen LogP contribution in [0.3, 0.4) is 0 Å². The molecule has 0 aliphatic rings. The third-order valence-electron chi connectivity index (χ3n) is 4.74. The van der Waals surface area contributed by atoms with Gasteiger partial charge in [-0.2, -0.15) is 0 Å². The van der Waals surface area contributed by atoms with Gasteiger partial charge in [-0.3, -0.25) is 9.59 Å². The highest BCUT2D eigenvalue weighted by Crippen LogP contribution is 2.23. The number of carbonyl (C=O) groups excluding carboxylic acids is 2. The maximum absolute atomic E-state index is 13.5. The van der Waals surface area contributed by atoms with Crippen LogP contribution in [0.15, 0.2) is 0 Å². The second-order valence-corrected chi connectivity index (χ2v) is 7.42. The summed E-state index contributed by atoms with van der Waals surface area (Å²) < 4.78 is 76.1. The van der Waals surface area contributed by atoms with Gasteiger partial charge in [0.25, 0.3) is 0 Å². The van der Waals surface area contributed by atoms with Crippen LogP contribution in [0.2, 0.25) is 0 Å². The molecule has 1 rings (SSSR count). The molecule has 0 saturated carbocycles. The first-order valence-electron chi connectivity index (χ1n) is 10.5. The van der Waals surface area contributed by atoms with Crippen molar-refractivity contribution in [2.24, 2.45) is 0 Å². The van der Waals surface area contributed by atoms with E-state index in [1.165, 1.54) is 19.3 Å². The van der Waals surface area contributed by atoms with Crippen molar-refractivity contribution in [2.75, 3.05) is 0 Å². The largest absolute Gasteiger partial charge is 0.463 e. The van der Waals surface area contributed by atoms with E-state index in [1.54, 1.807) is 6.92 Å². The van der Waals surface area contributed by atoms with Crippen LogP contribution >= 0.6 is 0 Å². The van der Waals surface area contributed by atoms with E-state index in [1.807, 2.05) is 0 Å². The number of unbranched alkanes of at least 4 members (excludes halogenated alkanes) is 5. The van der Waals surface area contributed by atoms with E-state index < -0.39 is 53.2 Å². The minimum atomic E-state index is -2.28. The van der Waals surface area contributed by atoms with Gasteiger partial charge in [0, 0.05) is 12.8 Å². The van der Waals surface area contributed by atoms with Crippen molar-refractivity contribution in [2.45, 2.75) is 90.8 Å². The van der Waals surface area contributed by atoms with Crippen molar-refractivity contribution in [1.82, 2.24) is 0 Å². The molecule has 0 aromatic heterocycles. The molecule has 0 bridgehead atoms. The number of benzene rings is 1. The Hall–Kier alpha value is -2.19. The number of carbonyl (C=O) groups is 2. The van der Waals surface area contributed by atoms with Crippen molar-refractivity contribution in [1.29, 1.82) is 0 Å². The normalized spacial score (nSPS) is 12.0. The number of esters is 2. The molecular formula is C22H29F5O4. The monoisotopic (exact) mass is 452 g/mol. The summed E-state index contributed by atoms with van der Waals surface area (Å²) in [5.41, 5.74) is -1.23. The molecule has 0 radical (unpaired) electrons. The van der Waals surface area contributed by atoms with Crippen LogP contribution in [0.25, 0.3) is 0 Å². The molecule has 1 aromatic rings. The van der Waals surface area contributed by atoms with Gasteiger partial charge >= 0.3 is 11.9 Å². The predicted octanol–water partition coefficient (Wildman–Crippen LogP) is 6.28. The topological polar surface area (TPSA) is 52.6 Å². The fourth-order valence-corrected chi connectivity index (χ4v) is 2.93. The molecule has 0 aliphatic heterocycles. The lowest BCUT2D eigenvalue weighted by Crippen LogP contribution is -2.15. The summed E-state index contributed by atoms with van der Waals surface area (Å²) in [6.07, 6.45) is 7.05. The Morgan fingerprint density at radius 1 is 0.742 bits per heavy atom. The first-order valence-corrected chi connectivity index (χ1v) is 10.5. The molecule has 9 heteroatoms. The predicted molar refractivity (Wildman–Crippen MR) is 103 cm³/mol. The number of rotatable bonds is 14. The first-order chi connectivity index (χ1) is 14.7. The van der Waals surface area contributed by atoms with Crippen LogP contribution in [0.4, 0.5) is 22.0 Å². The Morgan fingerprint density at radius 3 is 1.87 bits per heavy atom. The van der Waals surface area contributed by atoms with E-state index >= 15 is 0 Å².